The van der Waals surface area contributed by atoms with Gasteiger partial charge in [-0.1, -0.05) is 160 Å². The Labute approximate surface area is 321 Å². The summed E-state index contributed by atoms with van der Waals surface area (Å²) in [6.45, 7) is 19.0. The van der Waals surface area contributed by atoms with E-state index in [2.05, 4.69) is 193 Å². The normalized spacial score (nSPS) is 18.0. The van der Waals surface area contributed by atoms with Crippen molar-refractivity contribution in [3.8, 4) is 11.4 Å². The topological polar surface area (TPSA) is 9.86 Å². The summed E-state index contributed by atoms with van der Waals surface area (Å²) in [5.74, 6) is 0. The highest BCUT2D eigenvalue weighted by atomic mass is 79.9. The second-order valence-electron chi connectivity index (χ2n) is 17.7. The maximum Gasteiger partial charge on any atom is 0.0583 e. The molecule has 0 amide bonds. The van der Waals surface area contributed by atoms with Gasteiger partial charge >= 0.3 is 0 Å². The molecule has 4 aliphatic rings. The summed E-state index contributed by atoms with van der Waals surface area (Å²) in [5.41, 5.74) is 19.8. The zero-order valence-electron chi connectivity index (χ0n) is 30.9. The lowest BCUT2D eigenvalue weighted by Crippen LogP contribution is -2.33. The molecule has 0 unspecified atom stereocenters. The van der Waals surface area contributed by atoms with E-state index in [1.54, 1.807) is 0 Å². The minimum absolute atomic E-state index is 0.0167. The number of para-hydroxylation sites is 4. The van der Waals surface area contributed by atoms with Crippen LogP contribution in [0.1, 0.15) is 99.9 Å². The van der Waals surface area contributed by atoms with Crippen molar-refractivity contribution in [2.45, 2.75) is 77.0 Å². The van der Waals surface area contributed by atoms with E-state index in [9.17, 15) is 0 Å². The van der Waals surface area contributed by atoms with Crippen LogP contribution in [-0.2, 0) is 21.7 Å². The molecule has 0 saturated heterocycles. The molecule has 4 heteroatoms. The molecule has 0 atom stereocenters. The Morgan fingerprint density at radius 2 is 0.635 bits per heavy atom. The highest BCUT2D eigenvalue weighted by Crippen LogP contribution is 2.57. The molecular formula is C48H40Br2N2. The molecule has 0 aliphatic carbocycles. The van der Waals surface area contributed by atoms with Gasteiger partial charge in [0.25, 0.3) is 0 Å². The molecule has 0 fully saturated rings. The van der Waals surface area contributed by atoms with Crippen LogP contribution in [0.3, 0.4) is 0 Å². The number of nitrogens with zero attached hydrogens (tertiary/aromatic N) is 2. The van der Waals surface area contributed by atoms with Crippen LogP contribution in [0, 0.1) is 0 Å². The first kappa shape index (κ1) is 31.4. The number of halogens is 2. The van der Waals surface area contributed by atoms with Crippen molar-refractivity contribution in [2.24, 2.45) is 0 Å². The Bertz CT molecular complexity index is 2790. The van der Waals surface area contributed by atoms with Crippen LogP contribution in [0.2, 0.25) is 0 Å². The van der Waals surface area contributed by atoms with Gasteiger partial charge in [-0.15, -0.1) is 0 Å². The van der Waals surface area contributed by atoms with E-state index < -0.39 is 0 Å². The van der Waals surface area contributed by atoms with Crippen LogP contribution >= 0.6 is 31.9 Å². The predicted molar refractivity (Wildman–Crippen MR) is 225 cm³/mol. The summed E-state index contributed by atoms with van der Waals surface area (Å²) in [6, 6.07) is 36.7. The van der Waals surface area contributed by atoms with E-state index in [1.807, 2.05) is 0 Å². The van der Waals surface area contributed by atoms with Crippen LogP contribution in [0.5, 0.6) is 0 Å². The molecule has 0 saturated carbocycles. The second kappa shape index (κ2) is 9.51. The first-order valence-electron chi connectivity index (χ1n) is 18.5. The summed E-state index contributed by atoms with van der Waals surface area (Å²) in [6.07, 6.45) is 0. The maximum absolute atomic E-state index is 3.79. The second-order valence-corrected chi connectivity index (χ2v) is 19.5. The van der Waals surface area contributed by atoms with Crippen LogP contribution in [0.4, 0.5) is 0 Å². The molecule has 2 nitrogen and oxygen atoms in total. The van der Waals surface area contributed by atoms with Gasteiger partial charge in [0.1, 0.15) is 0 Å². The van der Waals surface area contributed by atoms with Crippen LogP contribution < -0.4 is 0 Å². The SMILES string of the molecule is CC1(C)c2cccc3c2-n2c4c1cc(Br)cc4c1cc(Br)cc(c12)C3(C)C.CC1(C)c2cccc3c2-n2c4c1cccc4c1cccc(c12)C3(C)C. The number of aromatic nitrogens is 2. The van der Waals surface area contributed by atoms with E-state index >= 15 is 0 Å². The van der Waals surface area contributed by atoms with Gasteiger partial charge in [-0.2, -0.15) is 0 Å². The standard InChI is InChI=1S/C24H19Br2N.C24H21N/c1-23(2)16-6-5-7-17-22(16)27-20-14(8-12(25)10-18(20)23)15-9-13(26)11-19(21(15)27)24(17,3)4;1-23(2)16-10-5-8-14-15-9-6-11-17-21(15)25(20(14)16)22-18(23)12-7-13-19(22)24(17,3)4/h5-11H,1-4H3;5-13H,1-4H3. The Morgan fingerprint density at radius 1 is 0.346 bits per heavy atom. The third-order valence-electron chi connectivity index (χ3n) is 13.6. The molecule has 6 heterocycles. The van der Waals surface area contributed by atoms with Crippen molar-refractivity contribution in [1.82, 2.24) is 9.13 Å². The minimum Gasteiger partial charge on any atom is -0.308 e. The van der Waals surface area contributed by atoms with Gasteiger partial charge in [0, 0.05) is 52.2 Å². The van der Waals surface area contributed by atoms with E-state index in [0.717, 1.165) is 8.95 Å². The molecule has 0 radical (unpaired) electrons. The fourth-order valence-electron chi connectivity index (χ4n) is 10.9. The van der Waals surface area contributed by atoms with Crippen LogP contribution in [0.15, 0.2) is 106 Å². The van der Waals surface area contributed by atoms with Gasteiger partial charge in [-0.25, -0.2) is 0 Å². The highest BCUT2D eigenvalue weighted by molar-refractivity contribution is 9.10. The zero-order valence-corrected chi connectivity index (χ0v) is 34.1. The summed E-state index contributed by atoms with van der Waals surface area (Å²) < 4.78 is 7.42. The molecule has 0 N–H and O–H groups in total. The Kier molecular flexibility index (Phi) is 5.74. The molecule has 2 aromatic heterocycles. The lowest BCUT2D eigenvalue weighted by molar-refractivity contribution is 0.593. The molecule has 256 valence electrons. The molecular weight excluding hydrogens is 764 g/mol. The average molecular weight is 805 g/mol. The van der Waals surface area contributed by atoms with Gasteiger partial charge in [0.2, 0.25) is 0 Å². The minimum atomic E-state index is -0.0391. The fraction of sp³-hybridized carbons (Fsp3) is 0.250. The number of rotatable bonds is 0. The van der Waals surface area contributed by atoms with Crippen molar-refractivity contribution in [2.75, 3.05) is 0 Å². The van der Waals surface area contributed by atoms with E-state index in [0.29, 0.717) is 0 Å². The molecule has 12 rings (SSSR count). The first-order chi connectivity index (χ1) is 24.7. The van der Waals surface area contributed by atoms with E-state index in [1.165, 1.54) is 99.5 Å². The van der Waals surface area contributed by atoms with Gasteiger partial charge < -0.3 is 9.13 Å². The van der Waals surface area contributed by atoms with E-state index in [-0.39, 0.29) is 21.7 Å². The van der Waals surface area contributed by atoms with Crippen molar-refractivity contribution in [1.29, 1.82) is 0 Å². The number of hydrogen-bond donors (Lipinski definition) is 0. The highest BCUT2D eigenvalue weighted by Gasteiger charge is 2.45. The van der Waals surface area contributed by atoms with Crippen molar-refractivity contribution in [3.05, 3.63) is 151 Å². The molecule has 8 aromatic rings. The number of fused-ring (bicyclic) bond motifs is 2. The maximum atomic E-state index is 3.79. The van der Waals surface area contributed by atoms with E-state index in [4.69, 9.17) is 0 Å². The fourth-order valence-corrected chi connectivity index (χ4v) is 11.8. The predicted octanol–water partition coefficient (Wildman–Crippen LogP) is 13.6. The first-order valence-corrected chi connectivity index (χ1v) is 20.1. The Balaban J connectivity index is 0.000000124. The third-order valence-corrected chi connectivity index (χ3v) is 14.5. The Morgan fingerprint density at radius 3 is 1.00 bits per heavy atom. The summed E-state index contributed by atoms with van der Waals surface area (Å²) in [4.78, 5) is 0. The average Bonchev–Trinajstić information content (AvgIpc) is 3.62. The molecule has 0 bridgehead atoms. The molecule has 4 aliphatic heterocycles. The molecule has 0 spiro atoms. The largest absolute Gasteiger partial charge is 0.308 e. The van der Waals surface area contributed by atoms with Crippen molar-refractivity contribution < 1.29 is 0 Å². The summed E-state index contributed by atoms with van der Waals surface area (Å²) in [7, 11) is 0. The van der Waals surface area contributed by atoms with Gasteiger partial charge in [-0.3, -0.25) is 0 Å². The molecule has 52 heavy (non-hydrogen) atoms. The summed E-state index contributed by atoms with van der Waals surface area (Å²) in [5, 5.41) is 5.45. The smallest absolute Gasteiger partial charge is 0.0583 e. The number of benzene rings is 6. The number of hydrogen-bond acceptors (Lipinski definition) is 0. The quantitative estimate of drug-likeness (QED) is 0.145. The van der Waals surface area contributed by atoms with Crippen molar-refractivity contribution in [3.63, 3.8) is 0 Å². The monoisotopic (exact) mass is 802 g/mol. The zero-order chi connectivity index (χ0) is 36.0. The Hall–Kier alpha value is -4.12. The van der Waals surface area contributed by atoms with Gasteiger partial charge in [-0.05, 0) is 68.8 Å². The lowest BCUT2D eigenvalue weighted by atomic mass is 9.69. The van der Waals surface area contributed by atoms with Crippen LogP contribution in [-0.4, -0.2) is 9.13 Å². The van der Waals surface area contributed by atoms with Gasteiger partial charge in [0.05, 0.1) is 33.4 Å². The summed E-state index contributed by atoms with van der Waals surface area (Å²) >= 11 is 7.57. The van der Waals surface area contributed by atoms with Gasteiger partial charge in [0.15, 0.2) is 0 Å². The lowest BCUT2D eigenvalue weighted by Gasteiger charge is -2.42. The molecule has 6 aromatic carbocycles. The van der Waals surface area contributed by atoms with Crippen molar-refractivity contribution >= 4 is 75.5 Å². The van der Waals surface area contributed by atoms with Crippen LogP contribution in [0.25, 0.3) is 55.0 Å². The third kappa shape index (κ3) is 3.44.